The third-order valence-corrected chi connectivity index (χ3v) is 3.48. The van der Waals surface area contributed by atoms with Gasteiger partial charge < -0.3 is 20.1 Å². The molecule has 2 fully saturated rings. The molecule has 2 N–H and O–H groups in total. The Balaban J connectivity index is 1.38. The first-order chi connectivity index (χ1) is 8.95. The van der Waals surface area contributed by atoms with Gasteiger partial charge in [-0.2, -0.15) is 0 Å². The van der Waals surface area contributed by atoms with Crippen LogP contribution in [0.25, 0.3) is 0 Å². The maximum atomic E-state index is 5.54. The van der Waals surface area contributed by atoms with E-state index in [-0.39, 0.29) is 0 Å². The van der Waals surface area contributed by atoms with Gasteiger partial charge >= 0.3 is 0 Å². The molecule has 0 amide bonds. The molecule has 0 radical (unpaired) electrons. The first kappa shape index (κ1) is 14.0. The van der Waals surface area contributed by atoms with Crippen LogP contribution in [0.5, 0.6) is 0 Å². The van der Waals surface area contributed by atoms with Crippen LogP contribution in [-0.2, 0) is 9.47 Å². The summed E-state index contributed by atoms with van der Waals surface area (Å²) >= 11 is 0. The van der Waals surface area contributed by atoms with Crippen LogP contribution in [0.3, 0.4) is 0 Å². The second-order valence-electron chi connectivity index (χ2n) is 5.06. The van der Waals surface area contributed by atoms with E-state index in [9.17, 15) is 0 Å². The van der Waals surface area contributed by atoms with Gasteiger partial charge in [0.25, 0.3) is 0 Å². The van der Waals surface area contributed by atoms with Crippen LogP contribution in [0.2, 0.25) is 0 Å². The third kappa shape index (κ3) is 5.48. The fourth-order valence-corrected chi connectivity index (χ4v) is 2.43. The van der Waals surface area contributed by atoms with E-state index in [0.717, 1.165) is 39.4 Å². The van der Waals surface area contributed by atoms with Crippen molar-refractivity contribution in [2.75, 3.05) is 39.4 Å². The highest BCUT2D eigenvalue weighted by Gasteiger charge is 2.14. The molecule has 2 aliphatic heterocycles. The molecular formula is C14H26N2O2. The van der Waals surface area contributed by atoms with Gasteiger partial charge in [-0.05, 0) is 25.7 Å². The highest BCUT2D eigenvalue weighted by Crippen LogP contribution is 2.10. The Morgan fingerprint density at radius 1 is 0.833 bits per heavy atom. The van der Waals surface area contributed by atoms with E-state index >= 15 is 0 Å². The third-order valence-electron chi connectivity index (χ3n) is 3.48. The average Bonchev–Trinajstić information content (AvgIpc) is 3.05. The van der Waals surface area contributed by atoms with Gasteiger partial charge in [0.2, 0.25) is 0 Å². The van der Waals surface area contributed by atoms with Crippen LogP contribution in [0.1, 0.15) is 25.7 Å². The maximum Gasteiger partial charge on any atom is 0.0700 e. The molecule has 0 aliphatic carbocycles. The fourth-order valence-electron chi connectivity index (χ4n) is 2.43. The van der Waals surface area contributed by atoms with Crippen molar-refractivity contribution in [3.63, 3.8) is 0 Å². The number of hydrogen-bond acceptors (Lipinski definition) is 4. The second-order valence-corrected chi connectivity index (χ2v) is 5.06. The number of nitrogens with one attached hydrogen (secondary N) is 2. The van der Waals surface area contributed by atoms with Gasteiger partial charge in [0, 0.05) is 39.4 Å². The van der Waals surface area contributed by atoms with Crippen LogP contribution in [0, 0.1) is 0 Å². The molecule has 2 rings (SSSR count). The normalized spacial score (nSPS) is 28.4. The van der Waals surface area contributed by atoms with Crippen molar-refractivity contribution in [3.05, 3.63) is 12.2 Å². The van der Waals surface area contributed by atoms with Crippen molar-refractivity contribution < 1.29 is 9.47 Å². The molecule has 2 atom stereocenters. The summed E-state index contributed by atoms with van der Waals surface area (Å²) in [6, 6.07) is 0. The molecule has 0 bridgehead atoms. The zero-order chi connectivity index (χ0) is 12.5. The molecule has 2 unspecified atom stereocenters. The van der Waals surface area contributed by atoms with E-state index in [0.29, 0.717) is 12.2 Å². The quantitative estimate of drug-likeness (QED) is 0.502. The molecule has 4 heteroatoms. The lowest BCUT2D eigenvalue weighted by Gasteiger charge is -2.09. The van der Waals surface area contributed by atoms with Gasteiger partial charge in [-0.25, -0.2) is 0 Å². The van der Waals surface area contributed by atoms with E-state index in [1.807, 2.05) is 0 Å². The molecule has 2 aliphatic rings. The van der Waals surface area contributed by atoms with Gasteiger partial charge in [-0.1, -0.05) is 12.2 Å². The Bertz CT molecular complexity index is 210. The SMILES string of the molecule is C(=C\CNCC1CCCO1)/CNCC1CCCO1. The van der Waals surface area contributed by atoms with Crippen molar-refractivity contribution in [3.8, 4) is 0 Å². The molecule has 0 aromatic rings. The Kier molecular flexibility index (Phi) is 6.72. The van der Waals surface area contributed by atoms with Crippen molar-refractivity contribution >= 4 is 0 Å². The zero-order valence-electron chi connectivity index (χ0n) is 11.2. The summed E-state index contributed by atoms with van der Waals surface area (Å²) < 4.78 is 11.1. The van der Waals surface area contributed by atoms with Gasteiger partial charge in [-0.15, -0.1) is 0 Å². The Labute approximate surface area is 110 Å². The van der Waals surface area contributed by atoms with Crippen LogP contribution in [0.15, 0.2) is 12.2 Å². The summed E-state index contributed by atoms with van der Waals surface area (Å²) in [7, 11) is 0. The topological polar surface area (TPSA) is 42.5 Å². The van der Waals surface area contributed by atoms with E-state index < -0.39 is 0 Å². The molecule has 104 valence electrons. The second kappa shape index (κ2) is 8.64. The molecular weight excluding hydrogens is 228 g/mol. The Morgan fingerprint density at radius 2 is 1.33 bits per heavy atom. The van der Waals surface area contributed by atoms with Crippen molar-refractivity contribution in [1.82, 2.24) is 10.6 Å². The first-order valence-corrected chi connectivity index (χ1v) is 7.25. The summed E-state index contributed by atoms with van der Waals surface area (Å²) in [5.74, 6) is 0. The molecule has 0 aromatic heterocycles. The number of ether oxygens (including phenoxy) is 2. The monoisotopic (exact) mass is 254 g/mol. The highest BCUT2D eigenvalue weighted by molar-refractivity contribution is 4.86. The molecule has 0 saturated carbocycles. The zero-order valence-corrected chi connectivity index (χ0v) is 11.2. The Hall–Kier alpha value is -0.420. The van der Waals surface area contributed by atoms with Crippen LogP contribution >= 0.6 is 0 Å². The predicted octanol–water partition coefficient (Wildman–Crippen LogP) is 1.08. The number of rotatable bonds is 8. The fraction of sp³-hybridized carbons (Fsp3) is 0.857. The summed E-state index contributed by atoms with van der Waals surface area (Å²) in [6.07, 6.45) is 10.1. The predicted molar refractivity (Wildman–Crippen MR) is 72.8 cm³/mol. The van der Waals surface area contributed by atoms with Crippen molar-refractivity contribution in [2.24, 2.45) is 0 Å². The van der Waals surface area contributed by atoms with Crippen LogP contribution in [-0.4, -0.2) is 51.6 Å². The molecule has 18 heavy (non-hydrogen) atoms. The lowest BCUT2D eigenvalue weighted by atomic mass is 10.2. The van der Waals surface area contributed by atoms with E-state index in [1.54, 1.807) is 0 Å². The van der Waals surface area contributed by atoms with Gasteiger partial charge in [-0.3, -0.25) is 0 Å². The molecule has 4 nitrogen and oxygen atoms in total. The molecule has 0 aromatic carbocycles. The lowest BCUT2D eigenvalue weighted by molar-refractivity contribution is 0.110. The summed E-state index contributed by atoms with van der Waals surface area (Å²) in [4.78, 5) is 0. The lowest BCUT2D eigenvalue weighted by Crippen LogP contribution is -2.27. The van der Waals surface area contributed by atoms with Crippen molar-refractivity contribution in [2.45, 2.75) is 37.9 Å². The highest BCUT2D eigenvalue weighted by atomic mass is 16.5. The largest absolute Gasteiger partial charge is 0.377 e. The summed E-state index contributed by atoms with van der Waals surface area (Å²) in [6.45, 7) is 5.70. The standard InChI is InChI=1S/C14H26N2O2/c1(7-15-11-13-5-3-9-17-13)2-8-16-12-14-6-4-10-18-14/h1-2,13-16H,3-12H2/b2-1+. The van der Waals surface area contributed by atoms with Crippen LogP contribution in [0.4, 0.5) is 0 Å². The minimum Gasteiger partial charge on any atom is -0.377 e. The molecule has 2 saturated heterocycles. The molecule has 2 heterocycles. The Morgan fingerprint density at radius 3 is 1.72 bits per heavy atom. The van der Waals surface area contributed by atoms with Gasteiger partial charge in [0.1, 0.15) is 0 Å². The van der Waals surface area contributed by atoms with E-state index in [2.05, 4.69) is 22.8 Å². The summed E-state index contributed by atoms with van der Waals surface area (Å²) in [5, 5.41) is 6.79. The molecule has 0 spiro atoms. The maximum absolute atomic E-state index is 5.54. The van der Waals surface area contributed by atoms with Crippen molar-refractivity contribution in [1.29, 1.82) is 0 Å². The first-order valence-electron chi connectivity index (χ1n) is 7.25. The van der Waals surface area contributed by atoms with Crippen LogP contribution < -0.4 is 10.6 Å². The number of hydrogen-bond donors (Lipinski definition) is 2. The summed E-state index contributed by atoms with van der Waals surface area (Å²) in [5.41, 5.74) is 0. The smallest absolute Gasteiger partial charge is 0.0700 e. The van der Waals surface area contributed by atoms with E-state index in [4.69, 9.17) is 9.47 Å². The minimum absolute atomic E-state index is 0.441. The van der Waals surface area contributed by atoms with Gasteiger partial charge in [0.05, 0.1) is 12.2 Å². The van der Waals surface area contributed by atoms with Gasteiger partial charge in [0.15, 0.2) is 0 Å². The van der Waals surface area contributed by atoms with E-state index in [1.165, 1.54) is 25.7 Å². The average molecular weight is 254 g/mol. The minimum atomic E-state index is 0.441.